The molecule has 1 aromatic heterocycles. The van der Waals surface area contributed by atoms with Crippen LogP contribution >= 0.6 is 8.38 Å². The fraction of sp³-hybridized carbons (Fsp3) is 0.276. The third-order valence-corrected chi connectivity index (χ3v) is 7.11. The van der Waals surface area contributed by atoms with Crippen LogP contribution in [0.5, 0.6) is 0 Å². The third kappa shape index (κ3) is 5.64. The van der Waals surface area contributed by atoms with E-state index < -0.39 is 13.9 Å². The molecule has 1 heterocycles. The van der Waals surface area contributed by atoms with Crippen LogP contribution in [0.2, 0.25) is 0 Å². The number of hydrogen-bond donors (Lipinski definition) is 0. The average Bonchev–Trinajstić information content (AvgIpc) is 3.36. The van der Waals surface area contributed by atoms with E-state index in [4.69, 9.17) is 14.0 Å². The van der Waals surface area contributed by atoms with Crippen molar-refractivity contribution in [1.29, 1.82) is 0 Å². The van der Waals surface area contributed by atoms with Gasteiger partial charge >= 0.3 is 0 Å². The van der Waals surface area contributed by atoms with E-state index in [2.05, 4.69) is 102 Å². The Balaban J connectivity index is 0.00000158. The highest BCUT2D eigenvalue weighted by atomic mass is 31.2. The zero-order valence-corrected chi connectivity index (χ0v) is 21.5. The number of imidazole rings is 1. The summed E-state index contributed by atoms with van der Waals surface area (Å²) in [6.07, 6.45) is 4.74. The average molecular weight is 475 g/mol. The monoisotopic (exact) mass is 474 g/mol. The SMILES string of the molecule is CC.CCOP(Cc1cn(C(c2ccccc2)(c2ccccc2)c2ccccc2)cn1)OCC. The zero-order chi connectivity index (χ0) is 24.2. The minimum Gasteiger partial charge on any atom is -0.334 e. The molecule has 4 aromatic rings. The molecule has 0 bridgehead atoms. The maximum Gasteiger partial charge on any atom is 0.176 e. The summed E-state index contributed by atoms with van der Waals surface area (Å²) in [5.74, 6) is 0. The molecule has 0 aliphatic heterocycles. The maximum atomic E-state index is 5.83. The Labute approximate surface area is 205 Å². The van der Waals surface area contributed by atoms with Crippen molar-refractivity contribution in [2.75, 3.05) is 13.2 Å². The van der Waals surface area contributed by atoms with E-state index in [0.29, 0.717) is 19.4 Å². The van der Waals surface area contributed by atoms with Crippen molar-refractivity contribution < 1.29 is 9.05 Å². The van der Waals surface area contributed by atoms with Crippen LogP contribution in [-0.4, -0.2) is 22.8 Å². The highest BCUT2D eigenvalue weighted by Gasteiger charge is 2.38. The fourth-order valence-electron chi connectivity index (χ4n) is 4.16. The molecule has 178 valence electrons. The molecular formula is C29H35N2O2P. The van der Waals surface area contributed by atoms with Gasteiger partial charge in [0.25, 0.3) is 0 Å². The summed E-state index contributed by atoms with van der Waals surface area (Å²) in [4.78, 5) is 4.78. The van der Waals surface area contributed by atoms with Gasteiger partial charge in [0.15, 0.2) is 8.38 Å². The molecule has 0 radical (unpaired) electrons. The van der Waals surface area contributed by atoms with Crippen molar-refractivity contribution >= 4 is 8.38 Å². The Morgan fingerprint density at radius 2 is 1.12 bits per heavy atom. The van der Waals surface area contributed by atoms with Crippen molar-refractivity contribution in [3.63, 3.8) is 0 Å². The lowest BCUT2D eigenvalue weighted by Gasteiger charge is -2.37. The molecule has 0 N–H and O–H groups in total. The molecule has 4 rings (SSSR count). The molecule has 0 spiro atoms. The molecule has 4 nitrogen and oxygen atoms in total. The fourth-order valence-corrected chi connectivity index (χ4v) is 5.42. The highest BCUT2D eigenvalue weighted by molar-refractivity contribution is 7.46. The molecule has 0 unspecified atom stereocenters. The van der Waals surface area contributed by atoms with E-state index in [1.807, 2.05) is 34.0 Å². The van der Waals surface area contributed by atoms with E-state index in [-0.39, 0.29) is 0 Å². The lowest BCUT2D eigenvalue weighted by molar-refractivity contribution is 0.268. The minimum atomic E-state index is -0.998. The standard InChI is InChI=1S/C27H29N2O2P.C2H6/c1-3-30-32(31-4-2)21-26-20-29(22-28-26)27(23-14-8-5-9-15-23,24-16-10-6-11-17-24)25-18-12-7-13-19-25;1-2/h5-20,22H,3-4,21H2,1-2H3;1-2H3. The third-order valence-electron chi connectivity index (χ3n) is 5.44. The molecule has 0 atom stereocenters. The van der Waals surface area contributed by atoms with Crippen molar-refractivity contribution in [3.8, 4) is 0 Å². The smallest absolute Gasteiger partial charge is 0.176 e. The molecule has 34 heavy (non-hydrogen) atoms. The van der Waals surface area contributed by atoms with Crippen molar-refractivity contribution in [2.24, 2.45) is 0 Å². The molecule has 0 fully saturated rings. The summed E-state index contributed by atoms with van der Waals surface area (Å²) in [5, 5.41) is 0. The molecule has 5 heteroatoms. The Bertz CT molecular complexity index is 982. The normalized spacial score (nSPS) is 11.2. The van der Waals surface area contributed by atoms with Gasteiger partial charge in [0.05, 0.1) is 31.4 Å². The van der Waals surface area contributed by atoms with Crippen molar-refractivity contribution in [1.82, 2.24) is 9.55 Å². The second-order valence-corrected chi connectivity index (χ2v) is 8.91. The van der Waals surface area contributed by atoms with Crippen LogP contribution in [0.1, 0.15) is 50.1 Å². The van der Waals surface area contributed by atoms with E-state index in [1.165, 1.54) is 16.7 Å². The highest BCUT2D eigenvalue weighted by Crippen LogP contribution is 2.44. The van der Waals surface area contributed by atoms with Crippen LogP contribution in [0.4, 0.5) is 0 Å². The number of benzene rings is 3. The summed E-state index contributed by atoms with van der Waals surface area (Å²) in [7, 11) is -0.998. The topological polar surface area (TPSA) is 36.3 Å². The van der Waals surface area contributed by atoms with Gasteiger partial charge in [0.1, 0.15) is 5.54 Å². The first-order valence-corrected chi connectivity index (χ1v) is 13.4. The summed E-state index contributed by atoms with van der Waals surface area (Å²) in [6, 6.07) is 31.9. The van der Waals surface area contributed by atoms with Gasteiger partial charge in [-0.05, 0) is 30.5 Å². The van der Waals surface area contributed by atoms with E-state index in [1.54, 1.807) is 0 Å². The van der Waals surface area contributed by atoms with Crippen LogP contribution in [0.15, 0.2) is 104 Å². The molecule has 0 saturated heterocycles. The number of aromatic nitrogens is 2. The second-order valence-electron chi connectivity index (χ2n) is 7.41. The molecule has 0 saturated carbocycles. The second kappa shape index (κ2) is 13.2. The van der Waals surface area contributed by atoms with Crippen LogP contribution < -0.4 is 0 Å². The van der Waals surface area contributed by atoms with Crippen LogP contribution in [-0.2, 0) is 20.7 Å². The quantitative estimate of drug-likeness (QED) is 0.175. The predicted molar refractivity (Wildman–Crippen MR) is 142 cm³/mol. The van der Waals surface area contributed by atoms with Crippen LogP contribution in [0.3, 0.4) is 0 Å². The first-order chi connectivity index (χ1) is 16.8. The molecule has 0 amide bonds. The predicted octanol–water partition coefficient (Wildman–Crippen LogP) is 7.63. The maximum absolute atomic E-state index is 5.83. The van der Waals surface area contributed by atoms with Crippen molar-refractivity contribution in [3.05, 3.63) is 126 Å². The summed E-state index contributed by atoms with van der Waals surface area (Å²) in [5.41, 5.74) is 3.95. The first kappa shape index (κ1) is 25.8. The minimum absolute atomic E-state index is 0.547. The van der Waals surface area contributed by atoms with Gasteiger partial charge in [-0.1, -0.05) is 105 Å². The van der Waals surface area contributed by atoms with E-state index in [0.717, 1.165) is 5.69 Å². The van der Waals surface area contributed by atoms with Gasteiger partial charge in [-0.2, -0.15) is 0 Å². The number of hydrogen-bond acceptors (Lipinski definition) is 3. The Kier molecular flexibility index (Phi) is 10.0. The van der Waals surface area contributed by atoms with Gasteiger partial charge in [-0.3, -0.25) is 0 Å². The molecule has 3 aromatic carbocycles. The van der Waals surface area contributed by atoms with Crippen LogP contribution in [0.25, 0.3) is 0 Å². The van der Waals surface area contributed by atoms with Crippen molar-refractivity contribution in [2.45, 2.75) is 39.4 Å². The van der Waals surface area contributed by atoms with E-state index >= 15 is 0 Å². The number of rotatable bonds is 10. The lowest BCUT2D eigenvalue weighted by atomic mass is 9.77. The Hall–Kier alpha value is -2.78. The summed E-state index contributed by atoms with van der Waals surface area (Å²) < 4.78 is 13.9. The number of nitrogens with zero attached hydrogens (tertiary/aromatic N) is 2. The molecule has 0 aliphatic rings. The summed E-state index contributed by atoms with van der Waals surface area (Å²) >= 11 is 0. The first-order valence-electron chi connectivity index (χ1n) is 12.0. The summed E-state index contributed by atoms with van der Waals surface area (Å²) in [6.45, 7) is 9.26. The zero-order valence-electron chi connectivity index (χ0n) is 20.6. The molecule has 0 aliphatic carbocycles. The van der Waals surface area contributed by atoms with E-state index in [9.17, 15) is 0 Å². The Morgan fingerprint density at radius 3 is 1.50 bits per heavy atom. The van der Waals surface area contributed by atoms with Gasteiger partial charge in [-0.25, -0.2) is 4.98 Å². The van der Waals surface area contributed by atoms with Gasteiger partial charge in [-0.15, -0.1) is 0 Å². The lowest BCUT2D eigenvalue weighted by Crippen LogP contribution is -2.36. The largest absolute Gasteiger partial charge is 0.334 e. The molecular weight excluding hydrogens is 439 g/mol. The van der Waals surface area contributed by atoms with Gasteiger partial charge in [0.2, 0.25) is 0 Å². The Morgan fingerprint density at radius 1 is 0.706 bits per heavy atom. The van der Waals surface area contributed by atoms with Gasteiger partial charge < -0.3 is 13.6 Å². The van der Waals surface area contributed by atoms with Gasteiger partial charge in [0, 0.05) is 6.20 Å². The van der Waals surface area contributed by atoms with Crippen LogP contribution in [0, 0.1) is 0 Å².